The predicted octanol–water partition coefficient (Wildman–Crippen LogP) is 3.53. The van der Waals surface area contributed by atoms with Gasteiger partial charge < -0.3 is 14.8 Å². The summed E-state index contributed by atoms with van der Waals surface area (Å²) in [4.78, 5) is 13.7. The summed E-state index contributed by atoms with van der Waals surface area (Å²) in [5.74, 6) is 1.59. The van der Waals surface area contributed by atoms with Gasteiger partial charge in [-0.25, -0.2) is 4.68 Å². The van der Waals surface area contributed by atoms with Crippen molar-refractivity contribution in [3.63, 3.8) is 0 Å². The average Bonchev–Trinajstić information content (AvgIpc) is 3.24. The second-order valence-electron chi connectivity index (χ2n) is 5.46. The van der Waals surface area contributed by atoms with Crippen molar-refractivity contribution in [2.24, 2.45) is 0 Å². The standard InChI is InChI=1S/C17H14BrN3O3S/c18-11-7-12(25-10-11)8-21-16(5-6-19-21)20-17(22)15-9-23-13-3-1-2-4-14(13)24-15/h1-7,10,15H,8-9H2,(H,20,22). The lowest BCUT2D eigenvalue weighted by molar-refractivity contribution is -0.125. The molecule has 1 atom stereocenters. The highest BCUT2D eigenvalue weighted by atomic mass is 79.9. The van der Waals surface area contributed by atoms with Gasteiger partial charge in [-0.15, -0.1) is 11.3 Å². The number of aromatic nitrogens is 2. The Bertz CT molecular complexity index is 908. The van der Waals surface area contributed by atoms with Gasteiger partial charge in [-0.1, -0.05) is 12.1 Å². The fourth-order valence-corrected chi connectivity index (χ4v) is 3.94. The fourth-order valence-electron chi connectivity index (χ4n) is 2.50. The van der Waals surface area contributed by atoms with E-state index in [-0.39, 0.29) is 12.5 Å². The zero-order valence-electron chi connectivity index (χ0n) is 13.0. The lowest BCUT2D eigenvalue weighted by atomic mass is 10.2. The lowest BCUT2D eigenvalue weighted by Gasteiger charge is -2.25. The number of rotatable bonds is 4. The van der Waals surface area contributed by atoms with Gasteiger partial charge >= 0.3 is 0 Å². The van der Waals surface area contributed by atoms with Crippen LogP contribution >= 0.6 is 27.3 Å². The van der Waals surface area contributed by atoms with Gasteiger partial charge in [0.15, 0.2) is 11.5 Å². The summed E-state index contributed by atoms with van der Waals surface area (Å²) in [6.07, 6.45) is 0.959. The first-order chi connectivity index (χ1) is 12.2. The van der Waals surface area contributed by atoms with E-state index in [2.05, 4.69) is 26.3 Å². The number of carbonyl (C=O) groups is 1. The van der Waals surface area contributed by atoms with Gasteiger partial charge in [-0.05, 0) is 34.1 Å². The Morgan fingerprint density at radius 1 is 1.36 bits per heavy atom. The number of carbonyl (C=O) groups excluding carboxylic acids is 1. The summed E-state index contributed by atoms with van der Waals surface area (Å²) in [7, 11) is 0. The molecule has 0 saturated carbocycles. The molecule has 0 bridgehead atoms. The molecule has 4 rings (SSSR count). The zero-order valence-corrected chi connectivity index (χ0v) is 15.4. The molecule has 6 nitrogen and oxygen atoms in total. The number of thiophene rings is 1. The van der Waals surface area contributed by atoms with Crippen molar-refractivity contribution in [1.82, 2.24) is 9.78 Å². The van der Waals surface area contributed by atoms with Gasteiger partial charge in [-0.3, -0.25) is 4.79 Å². The molecule has 1 unspecified atom stereocenters. The number of benzene rings is 1. The topological polar surface area (TPSA) is 65.4 Å². The van der Waals surface area contributed by atoms with E-state index >= 15 is 0 Å². The third-order valence-electron chi connectivity index (χ3n) is 3.70. The van der Waals surface area contributed by atoms with Crippen LogP contribution in [0.2, 0.25) is 0 Å². The first-order valence-corrected chi connectivity index (χ1v) is 9.30. The number of anilines is 1. The highest BCUT2D eigenvalue weighted by Crippen LogP contribution is 2.31. The molecule has 1 aliphatic rings. The minimum Gasteiger partial charge on any atom is -0.485 e. The van der Waals surface area contributed by atoms with E-state index in [4.69, 9.17) is 9.47 Å². The van der Waals surface area contributed by atoms with E-state index in [0.717, 1.165) is 9.35 Å². The van der Waals surface area contributed by atoms with Crippen molar-refractivity contribution in [2.75, 3.05) is 11.9 Å². The number of amides is 1. The molecule has 1 amide bonds. The van der Waals surface area contributed by atoms with Crippen LogP contribution in [0.25, 0.3) is 0 Å². The number of fused-ring (bicyclic) bond motifs is 1. The third kappa shape index (κ3) is 3.54. The molecule has 0 aliphatic carbocycles. The largest absolute Gasteiger partial charge is 0.485 e. The van der Waals surface area contributed by atoms with Crippen LogP contribution in [0, 0.1) is 0 Å². The number of para-hydroxylation sites is 2. The van der Waals surface area contributed by atoms with Crippen molar-refractivity contribution in [2.45, 2.75) is 12.6 Å². The van der Waals surface area contributed by atoms with Crippen LogP contribution in [-0.4, -0.2) is 28.4 Å². The summed E-state index contributed by atoms with van der Waals surface area (Å²) in [5, 5.41) is 9.16. The second kappa shape index (κ2) is 6.89. The van der Waals surface area contributed by atoms with Crippen molar-refractivity contribution in [3.8, 4) is 11.5 Å². The molecule has 1 aromatic carbocycles. The van der Waals surface area contributed by atoms with E-state index in [1.165, 1.54) is 0 Å². The Balaban J connectivity index is 1.44. The normalized spacial score (nSPS) is 15.8. The van der Waals surface area contributed by atoms with E-state index in [0.29, 0.717) is 23.9 Å². The summed E-state index contributed by atoms with van der Waals surface area (Å²) in [5.41, 5.74) is 0. The van der Waals surface area contributed by atoms with Crippen LogP contribution in [0.5, 0.6) is 11.5 Å². The number of ether oxygens (including phenoxy) is 2. The van der Waals surface area contributed by atoms with Crippen molar-refractivity contribution in [1.29, 1.82) is 0 Å². The molecule has 8 heteroatoms. The maximum atomic E-state index is 12.5. The quantitative estimate of drug-likeness (QED) is 0.702. The molecular formula is C17H14BrN3O3S. The zero-order chi connectivity index (χ0) is 17.2. The second-order valence-corrected chi connectivity index (χ2v) is 7.37. The molecule has 2 aromatic heterocycles. The van der Waals surface area contributed by atoms with Gasteiger partial charge in [0.2, 0.25) is 6.10 Å². The van der Waals surface area contributed by atoms with Crippen LogP contribution < -0.4 is 14.8 Å². The minimum atomic E-state index is -0.700. The molecule has 3 heterocycles. The van der Waals surface area contributed by atoms with Crippen LogP contribution in [0.1, 0.15) is 4.88 Å². The Morgan fingerprint density at radius 2 is 2.20 bits per heavy atom. The van der Waals surface area contributed by atoms with Crippen molar-refractivity contribution >= 4 is 39.0 Å². The number of halogens is 1. The molecule has 0 spiro atoms. The third-order valence-corrected chi connectivity index (χ3v) is 5.38. The first-order valence-electron chi connectivity index (χ1n) is 7.63. The van der Waals surface area contributed by atoms with Crippen molar-refractivity contribution in [3.05, 3.63) is 57.3 Å². The van der Waals surface area contributed by atoms with Gasteiger partial charge in [0, 0.05) is 20.8 Å². The number of hydrogen-bond donors (Lipinski definition) is 1. The van der Waals surface area contributed by atoms with E-state index in [9.17, 15) is 4.79 Å². The van der Waals surface area contributed by atoms with Crippen LogP contribution in [0.3, 0.4) is 0 Å². The van der Waals surface area contributed by atoms with E-state index < -0.39 is 6.10 Å². The monoisotopic (exact) mass is 419 g/mol. The summed E-state index contributed by atoms with van der Waals surface area (Å²) in [6, 6.07) is 11.1. The summed E-state index contributed by atoms with van der Waals surface area (Å²) < 4.78 is 14.1. The average molecular weight is 420 g/mol. The van der Waals surface area contributed by atoms with Crippen LogP contribution in [0.15, 0.2) is 52.4 Å². The maximum absolute atomic E-state index is 12.5. The maximum Gasteiger partial charge on any atom is 0.270 e. The molecule has 0 fully saturated rings. The smallest absolute Gasteiger partial charge is 0.270 e. The van der Waals surface area contributed by atoms with Gasteiger partial charge in [-0.2, -0.15) is 5.10 Å². The number of nitrogens with one attached hydrogen (secondary N) is 1. The Labute approximate surface area is 156 Å². The molecular weight excluding hydrogens is 406 g/mol. The fraction of sp³-hybridized carbons (Fsp3) is 0.176. The molecule has 128 valence electrons. The Kier molecular flexibility index (Phi) is 4.46. The highest BCUT2D eigenvalue weighted by molar-refractivity contribution is 9.10. The molecule has 1 N–H and O–H groups in total. The molecule has 3 aromatic rings. The van der Waals surface area contributed by atoms with Gasteiger partial charge in [0.1, 0.15) is 12.4 Å². The Hall–Kier alpha value is -2.32. The molecule has 1 aliphatic heterocycles. The number of nitrogens with zero attached hydrogens (tertiary/aromatic N) is 2. The van der Waals surface area contributed by atoms with Crippen LogP contribution in [-0.2, 0) is 11.3 Å². The summed E-state index contributed by atoms with van der Waals surface area (Å²) >= 11 is 5.07. The Morgan fingerprint density at radius 3 is 3.00 bits per heavy atom. The van der Waals surface area contributed by atoms with E-state index in [1.54, 1.807) is 34.3 Å². The van der Waals surface area contributed by atoms with Crippen molar-refractivity contribution < 1.29 is 14.3 Å². The predicted molar refractivity (Wildman–Crippen MR) is 98.3 cm³/mol. The van der Waals surface area contributed by atoms with Gasteiger partial charge in [0.05, 0.1) is 12.7 Å². The van der Waals surface area contributed by atoms with E-state index in [1.807, 2.05) is 29.6 Å². The first kappa shape index (κ1) is 16.2. The molecule has 25 heavy (non-hydrogen) atoms. The summed E-state index contributed by atoms with van der Waals surface area (Å²) in [6.45, 7) is 0.762. The lowest BCUT2D eigenvalue weighted by Crippen LogP contribution is -2.40. The van der Waals surface area contributed by atoms with Gasteiger partial charge in [0.25, 0.3) is 5.91 Å². The minimum absolute atomic E-state index is 0.175. The highest BCUT2D eigenvalue weighted by Gasteiger charge is 2.27. The molecule has 0 saturated heterocycles. The molecule has 0 radical (unpaired) electrons. The number of hydrogen-bond acceptors (Lipinski definition) is 5. The SMILES string of the molecule is O=C(Nc1ccnn1Cc1cc(Br)cs1)C1COc2ccccc2O1. The van der Waals surface area contributed by atoms with Crippen LogP contribution in [0.4, 0.5) is 5.82 Å².